The molecule has 0 radical (unpaired) electrons. The molecule has 2 aromatic rings. The highest BCUT2D eigenvalue weighted by atomic mass is 16.2. The summed E-state index contributed by atoms with van der Waals surface area (Å²) in [5.41, 5.74) is 5.31. The zero-order chi connectivity index (χ0) is 20.4. The molecule has 29 heavy (non-hydrogen) atoms. The number of carbonyl (C=O) groups is 1. The monoisotopic (exact) mass is 387 g/mol. The molecular formula is C25H29N3O. The van der Waals surface area contributed by atoms with E-state index in [1.54, 1.807) is 0 Å². The molecule has 4 nitrogen and oxygen atoms in total. The molecule has 0 fully saturated rings. The van der Waals surface area contributed by atoms with Gasteiger partial charge in [-0.2, -0.15) is 0 Å². The van der Waals surface area contributed by atoms with Crippen molar-refractivity contribution in [2.75, 3.05) is 20.1 Å². The van der Waals surface area contributed by atoms with Crippen LogP contribution in [-0.2, 0) is 11.3 Å². The first-order valence-corrected chi connectivity index (χ1v) is 10.4. The molecule has 2 aliphatic rings. The van der Waals surface area contributed by atoms with E-state index in [4.69, 9.17) is 4.99 Å². The van der Waals surface area contributed by atoms with Gasteiger partial charge in [0.25, 0.3) is 5.91 Å². The van der Waals surface area contributed by atoms with Crippen molar-refractivity contribution in [1.29, 1.82) is 0 Å². The average molecular weight is 388 g/mol. The Morgan fingerprint density at radius 2 is 1.69 bits per heavy atom. The van der Waals surface area contributed by atoms with E-state index in [9.17, 15) is 4.79 Å². The maximum atomic E-state index is 13.7. The molecule has 2 aliphatic heterocycles. The van der Waals surface area contributed by atoms with Gasteiger partial charge in [-0.3, -0.25) is 9.79 Å². The van der Waals surface area contributed by atoms with E-state index in [2.05, 4.69) is 55.1 Å². The first-order valence-electron chi connectivity index (χ1n) is 10.4. The molecule has 2 aromatic carbocycles. The number of hydrogen-bond donors (Lipinski definition) is 0. The lowest BCUT2D eigenvalue weighted by molar-refractivity contribution is -0.129. The van der Waals surface area contributed by atoms with Gasteiger partial charge in [-0.25, -0.2) is 0 Å². The molecule has 0 aliphatic carbocycles. The smallest absolute Gasteiger partial charge is 0.271 e. The van der Waals surface area contributed by atoms with E-state index in [1.807, 2.05) is 36.2 Å². The van der Waals surface area contributed by atoms with Crippen LogP contribution < -0.4 is 0 Å². The zero-order valence-electron chi connectivity index (χ0n) is 17.5. The lowest BCUT2D eigenvalue weighted by Crippen LogP contribution is -2.34. The van der Waals surface area contributed by atoms with Crippen molar-refractivity contribution in [2.24, 2.45) is 10.9 Å². The molecule has 0 bridgehead atoms. The van der Waals surface area contributed by atoms with E-state index >= 15 is 0 Å². The summed E-state index contributed by atoms with van der Waals surface area (Å²) in [7, 11) is 2.02. The molecule has 0 N–H and O–H groups in total. The molecule has 2 heterocycles. The number of nitrogens with zero attached hydrogens (tertiary/aromatic N) is 3. The van der Waals surface area contributed by atoms with Gasteiger partial charge in [0, 0.05) is 31.4 Å². The van der Waals surface area contributed by atoms with Crippen LogP contribution in [0.2, 0.25) is 0 Å². The molecule has 1 unspecified atom stereocenters. The molecule has 0 spiro atoms. The summed E-state index contributed by atoms with van der Waals surface area (Å²) in [6, 6.07) is 20.5. The Balaban J connectivity index is 1.84. The molecule has 0 saturated heterocycles. The largest absolute Gasteiger partial charge is 0.368 e. The Bertz CT molecular complexity index is 931. The maximum absolute atomic E-state index is 13.7. The van der Waals surface area contributed by atoms with Gasteiger partial charge in [0.05, 0.1) is 12.6 Å². The molecule has 1 amide bonds. The number of hydrogen-bond acceptors (Lipinski definition) is 3. The van der Waals surface area contributed by atoms with Crippen molar-refractivity contribution < 1.29 is 4.79 Å². The Hall–Kier alpha value is -2.88. The highest BCUT2D eigenvalue weighted by molar-refractivity contribution is 6.12. The van der Waals surface area contributed by atoms with Crippen molar-refractivity contribution >= 4 is 11.6 Å². The van der Waals surface area contributed by atoms with Crippen molar-refractivity contribution in [2.45, 2.75) is 32.9 Å². The molecule has 0 aromatic heterocycles. The molecule has 1 atom stereocenters. The minimum atomic E-state index is -0.100. The second-order valence-corrected chi connectivity index (χ2v) is 8.34. The fraction of sp³-hybridized carbons (Fsp3) is 0.360. The number of aliphatic imine (C=N–C) groups is 1. The zero-order valence-corrected chi connectivity index (χ0v) is 17.5. The van der Waals surface area contributed by atoms with Crippen LogP contribution >= 0.6 is 0 Å². The predicted octanol–water partition coefficient (Wildman–Crippen LogP) is 4.46. The van der Waals surface area contributed by atoms with Crippen LogP contribution in [0.1, 0.15) is 37.4 Å². The van der Waals surface area contributed by atoms with Crippen LogP contribution in [-0.4, -0.2) is 41.6 Å². The lowest BCUT2D eigenvalue weighted by Gasteiger charge is -2.28. The summed E-state index contributed by atoms with van der Waals surface area (Å²) in [4.78, 5) is 22.8. The Morgan fingerprint density at radius 3 is 2.34 bits per heavy atom. The quantitative estimate of drug-likeness (QED) is 0.760. The van der Waals surface area contributed by atoms with E-state index in [1.165, 1.54) is 0 Å². The third-order valence-electron chi connectivity index (χ3n) is 5.65. The van der Waals surface area contributed by atoms with Crippen molar-refractivity contribution in [3.8, 4) is 0 Å². The number of likely N-dealkylation sites (N-methyl/N-ethyl adjacent to an activating group) is 1. The second-order valence-electron chi connectivity index (χ2n) is 8.34. The van der Waals surface area contributed by atoms with Crippen LogP contribution in [0, 0.1) is 5.92 Å². The van der Waals surface area contributed by atoms with Crippen molar-refractivity contribution in [3.05, 3.63) is 83.1 Å². The van der Waals surface area contributed by atoms with E-state index in [0.717, 1.165) is 47.6 Å². The number of rotatable bonds is 5. The van der Waals surface area contributed by atoms with Gasteiger partial charge in [-0.1, -0.05) is 74.5 Å². The van der Waals surface area contributed by atoms with Gasteiger partial charge in [-0.05, 0) is 23.5 Å². The third-order valence-corrected chi connectivity index (χ3v) is 5.65. The van der Waals surface area contributed by atoms with Gasteiger partial charge in [-0.15, -0.1) is 0 Å². The highest BCUT2D eigenvalue weighted by Crippen LogP contribution is 2.42. The van der Waals surface area contributed by atoms with Gasteiger partial charge in [0.2, 0.25) is 0 Å². The summed E-state index contributed by atoms with van der Waals surface area (Å²) in [6.45, 7) is 6.53. The van der Waals surface area contributed by atoms with Crippen LogP contribution in [0.4, 0.5) is 0 Å². The maximum Gasteiger partial charge on any atom is 0.271 e. The topological polar surface area (TPSA) is 35.9 Å². The molecule has 0 saturated carbocycles. The average Bonchev–Trinajstić information content (AvgIpc) is 2.90. The normalized spacial score (nSPS) is 19.5. The fourth-order valence-electron chi connectivity index (χ4n) is 4.34. The SMILES string of the molecule is CC(C)CC1=NCCN(C)C2=C1C(c1ccccc1)N(Cc1ccccc1)C2=O. The van der Waals surface area contributed by atoms with E-state index in [0.29, 0.717) is 12.5 Å². The number of carbonyl (C=O) groups excluding carboxylic acids is 1. The summed E-state index contributed by atoms with van der Waals surface area (Å²) >= 11 is 0. The van der Waals surface area contributed by atoms with E-state index in [-0.39, 0.29) is 11.9 Å². The standard InChI is InChI=1S/C25H29N3O/c1-18(2)16-21-22-23(20-12-8-5-9-13-20)28(17-19-10-6-4-7-11-19)25(29)24(22)27(3)15-14-26-21/h4-13,18,23H,14-17H2,1-3H3. The van der Waals surface area contributed by atoms with E-state index < -0.39 is 0 Å². The van der Waals surface area contributed by atoms with Crippen LogP contribution in [0.25, 0.3) is 0 Å². The minimum Gasteiger partial charge on any atom is -0.368 e. The summed E-state index contributed by atoms with van der Waals surface area (Å²) in [6.07, 6.45) is 0.891. The van der Waals surface area contributed by atoms with Crippen molar-refractivity contribution in [3.63, 3.8) is 0 Å². The molecule has 150 valence electrons. The highest BCUT2D eigenvalue weighted by Gasteiger charge is 2.44. The number of amides is 1. The number of benzene rings is 2. The Morgan fingerprint density at radius 1 is 1.03 bits per heavy atom. The van der Waals surface area contributed by atoms with Gasteiger partial charge < -0.3 is 9.80 Å². The summed E-state index contributed by atoms with van der Waals surface area (Å²) in [5.74, 6) is 0.596. The first kappa shape index (κ1) is 19.4. The van der Waals surface area contributed by atoms with Crippen molar-refractivity contribution in [1.82, 2.24) is 9.80 Å². The fourth-order valence-corrected chi connectivity index (χ4v) is 4.34. The Kier molecular flexibility index (Phi) is 5.52. The van der Waals surface area contributed by atoms with Crippen LogP contribution in [0.5, 0.6) is 0 Å². The second kappa shape index (κ2) is 8.24. The third kappa shape index (κ3) is 3.84. The lowest BCUT2D eigenvalue weighted by atomic mass is 9.91. The van der Waals surface area contributed by atoms with Gasteiger partial charge in [0.1, 0.15) is 5.70 Å². The predicted molar refractivity (Wildman–Crippen MR) is 118 cm³/mol. The van der Waals surface area contributed by atoms with Crippen LogP contribution in [0.3, 0.4) is 0 Å². The molecule has 4 rings (SSSR count). The van der Waals surface area contributed by atoms with Gasteiger partial charge in [0.15, 0.2) is 0 Å². The Labute approximate surface area is 173 Å². The minimum absolute atomic E-state index is 0.100. The van der Waals surface area contributed by atoms with Gasteiger partial charge >= 0.3 is 0 Å². The summed E-state index contributed by atoms with van der Waals surface area (Å²) < 4.78 is 0. The first-order chi connectivity index (χ1) is 14.1. The molecule has 4 heteroatoms. The summed E-state index contributed by atoms with van der Waals surface area (Å²) in [5, 5.41) is 0. The van der Waals surface area contributed by atoms with Crippen LogP contribution in [0.15, 0.2) is 76.9 Å². The molecular weight excluding hydrogens is 358 g/mol.